The van der Waals surface area contributed by atoms with Gasteiger partial charge in [-0.1, -0.05) is 66.2 Å². The first kappa shape index (κ1) is 16.7. The first-order valence-electron chi connectivity index (χ1n) is 8.70. The van der Waals surface area contributed by atoms with Gasteiger partial charge in [-0.15, -0.1) is 0 Å². The van der Waals surface area contributed by atoms with Crippen LogP contribution in [0.15, 0.2) is 71.5 Å². The first-order chi connectivity index (χ1) is 13.6. The van der Waals surface area contributed by atoms with Gasteiger partial charge in [0.15, 0.2) is 11.6 Å². The van der Waals surface area contributed by atoms with Gasteiger partial charge in [-0.05, 0) is 17.7 Å². The summed E-state index contributed by atoms with van der Waals surface area (Å²) in [5.74, 6) is -0.613. The predicted molar refractivity (Wildman–Crippen MR) is 108 cm³/mol. The van der Waals surface area contributed by atoms with Crippen LogP contribution in [0.25, 0.3) is 22.0 Å². The maximum Gasteiger partial charge on any atom is 0.260 e. The topological polar surface area (TPSA) is 67.0 Å². The number of carbonyl (C=O) groups excluding carboxylic acids is 2. The van der Waals surface area contributed by atoms with Gasteiger partial charge in [0.25, 0.3) is 5.56 Å². The van der Waals surface area contributed by atoms with Crippen molar-refractivity contribution >= 4 is 34.1 Å². The van der Waals surface area contributed by atoms with E-state index in [1.165, 1.54) is 0 Å². The van der Waals surface area contributed by atoms with Crippen molar-refractivity contribution in [2.45, 2.75) is 0 Å². The molecule has 4 nitrogen and oxygen atoms in total. The molecular weight excluding hydrogens is 374 g/mol. The van der Waals surface area contributed by atoms with Crippen LogP contribution < -0.4 is 5.56 Å². The summed E-state index contributed by atoms with van der Waals surface area (Å²) in [6.07, 6.45) is 0. The van der Waals surface area contributed by atoms with Crippen molar-refractivity contribution in [3.05, 3.63) is 104 Å². The molecule has 28 heavy (non-hydrogen) atoms. The molecule has 1 heterocycles. The molecule has 4 aromatic rings. The minimum Gasteiger partial charge on any atom is -0.321 e. The van der Waals surface area contributed by atoms with Crippen molar-refractivity contribution in [1.82, 2.24) is 4.98 Å². The van der Waals surface area contributed by atoms with Gasteiger partial charge in [0.05, 0.1) is 16.1 Å². The van der Waals surface area contributed by atoms with Crippen molar-refractivity contribution in [1.29, 1.82) is 0 Å². The Labute approximate surface area is 164 Å². The zero-order valence-corrected chi connectivity index (χ0v) is 15.2. The lowest BCUT2D eigenvalue weighted by Gasteiger charge is -2.22. The molecule has 1 N–H and O–H groups in total. The fourth-order valence-corrected chi connectivity index (χ4v) is 4.08. The molecule has 1 aliphatic carbocycles. The van der Waals surface area contributed by atoms with Crippen LogP contribution in [0.4, 0.5) is 0 Å². The van der Waals surface area contributed by atoms with E-state index < -0.39 is 11.3 Å². The van der Waals surface area contributed by atoms with Crippen LogP contribution in [-0.2, 0) is 0 Å². The number of fused-ring (bicyclic) bond motifs is 2. The highest BCUT2D eigenvalue weighted by molar-refractivity contribution is 6.40. The standard InChI is InChI=1S/C23H12ClNO3/c24-15-10-11-16-19-17(13-8-4-5-9-14(13)22(27)18(15)19)20(23(28)25-16)21(26)12-6-2-1-3-7-12/h1-11H,(H,25,28). The van der Waals surface area contributed by atoms with Crippen LogP contribution in [0, 0.1) is 0 Å². The number of pyridine rings is 1. The Morgan fingerprint density at radius 3 is 2.21 bits per heavy atom. The highest BCUT2D eigenvalue weighted by Gasteiger charge is 2.32. The number of aromatic amines is 1. The minimum absolute atomic E-state index is 0.0159. The maximum atomic E-state index is 13.3. The van der Waals surface area contributed by atoms with Crippen LogP contribution in [0.2, 0.25) is 5.02 Å². The Balaban J connectivity index is 1.99. The third-order valence-electron chi connectivity index (χ3n) is 5.06. The van der Waals surface area contributed by atoms with Crippen molar-refractivity contribution in [3.63, 3.8) is 0 Å². The Hall–Kier alpha value is -3.50. The molecule has 134 valence electrons. The number of benzene rings is 3. The highest BCUT2D eigenvalue weighted by atomic mass is 35.5. The van der Waals surface area contributed by atoms with E-state index in [1.54, 1.807) is 66.7 Å². The number of halogens is 1. The molecule has 5 rings (SSSR count). The molecule has 0 spiro atoms. The van der Waals surface area contributed by atoms with Gasteiger partial charge in [0.2, 0.25) is 0 Å². The number of ketones is 2. The van der Waals surface area contributed by atoms with E-state index in [2.05, 4.69) is 4.98 Å². The van der Waals surface area contributed by atoms with E-state index in [-0.39, 0.29) is 11.3 Å². The molecule has 1 aromatic heterocycles. The second-order valence-corrected chi connectivity index (χ2v) is 7.03. The molecule has 0 amide bonds. The summed E-state index contributed by atoms with van der Waals surface area (Å²) < 4.78 is 0. The number of nitrogens with one attached hydrogen (secondary N) is 1. The number of aromatic nitrogens is 1. The molecule has 0 atom stereocenters. The van der Waals surface area contributed by atoms with Crippen molar-refractivity contribution in [3.8, 4) is 11.1 Å². The van der Waals surface area contributed by atoms with Gasteiger partial charge >= 0.3 is 0 Å². The molecule has 0 saturated carbocycles. The third kappa shape index (κ3) is 2.22. The Morgan fingerprint density at radius 1 is 0.786 bits per heavy atom. The fraction of sp³-hybridized carbons (Fsp3) is 0. The summed E-state index contributed by atoms with van der Waals surface area (Å²) in [7, 11) is 0. The Kier molecular flexibility index (Phi) is 3.57. The lowest BCUT2D eigenvalue weighted by Crippen LogP contribution is -2.23. The quantitative estimate of drug-likeness (QED) is 0.451. The van der Waals surface area contributed by atoms with Crippen LogP contribution in [0.5, 0.6) is 0 Å². The molecule has 0 unspecified atom stereocenters. The van der Waals surface area contributed by atoms with Crippen molar-refractivity contribution in [2.24, 2.45) is 0 Å². The lowest BCUT2D eigenvalue weighted by molar-refractivity contribution is 0.102. The summed E-state index contributed by atoms with van der Waals surface area (Å²) in [5, 5.41) is 0.800. The molecular formula is C23H12ClNO3. The van der Waals surface area contributed by atoms with E-state index in [0.717, 1.165) is 0 Å². The number of hydrogen-bond donors (Lipinski definition) is 1. The lowest BCUT2D eigenvalue weighted by atomic mass is 9.81. The Bertz CT molecular complexity index is 1370. The maximum absolute atomic E-state index is 13.3. The second-order valence-electron chi connectivity index (χ2n) is 6.62. The minimum atomic E-state index is -0.492. The average molecular weight is 386 g/mol. The van der Waals surface area contributed by atoms with Crippen LogP contribution in [-0.4, -0.2) is 16.6 Å². The van der Waals surface area contributed by atoms with E-state index in [4.69, 9.17) is 11.6 Å². The SMILES string of the molecule is O=C(c1ccccc1)c1c2c3c(c(Cl)ccc3[nH]c1=O)C(=O)c1ccccc1-2. The van der Waals surface area contributed by atoms with Gasteiger partial charge in [-0.25, -0.2) is 0 Å². The summed E-state index contributed by atoms with van der Waals surface area (Å²) in [6.45, 7) is 0. The average Bonchev–Trinajstić information content (AvgIpc) is 2.72. The highest BCUT2D eigenvalue weighted by Crippen LogP contribution is 2.42. The van der Waals surface area contributed by atoms with Gasteiger partial charge in [0, 0.05) is 27.6 Å². The van der Waals surface area contributed by atoms with Gasteiger partial charge in [-0.2, -0.15) is 0 Å². The van der Waals surface area contributed by atoms with E-state index in [1.807, 2.05) is 0 Å². The fourth-order valence-electron chi connectivity index (χ4n) is 3.84. The zero-order valence-electron chi connectivity index (χ0n) is 14.5. The number of H-pyrrole nitrogens is 1. The molecule has 0 aliphatic heterocycles. The first-order valence-corrected chi connectivity index (χ1v) is 9.08. The van der Waals surface area contributed by atoms with Crippen LogP contribution >= 0.6 is 11.6 Å². The predicted octanol–water partition coefficient (Wildman–Crippen LogP) is 4.62. The summed E-state index contributed by atoms with van der Waals surface area (Å²) >= 11 is 6.36. The normalized spacial score (nSPS) is 12.1. The molecule has 3 aromatic carbocycles. The molecule has 0 fully saturated rings. The smallest absolute Gasteiger partial charge is 0.260 e. The number of rotatable bonds is 2. The molecule has 1 aliphatic rings. The monoisotopic (exact) mass is 385 g/mol. The summed E-state index contributed by atoms with van der Waals surface area (Å²) in [6, 6.07) is 18.8. The van der Waals surface area contributed by atoms with Crippen molar-refractivity contribution < 1.29 is 9.59 Å². The summed E-state index contributed by atoms with van der Waals surface area (Å²) in [4.78, 5) is 42.0. The molecule has 0 radical (unpaired) electrons. The van der Waals surface area contributed by atoms with Crippen LogP contribution in [0.3, 0.4) is 0 Å². The summed E-state index contributed by atoms with van der Waals surface area (Å²) in [5.41, 5.74) is 2.17. The van der Waals surface area contributed by atoms with Crippen molar-refractivity contribution in [2.75, 3.05) is 0 Å². The van der Waals surface area contributed by atoms with Gasteiger partial charge < -0.3 is 4.98 Å². The molecule has 5 heteroatoms. The van der Waals surface area contributed by atoms with E-state index in [9.17, 15) is 14.4 Å². The van der Waals surface area contributed by atoms with Crippen LogP contribution in [0.1, 0.15) is 31.8 Å². The van der Waals surface area contributed by atoms with E-state index in [0.29, 0.717) is 43.7 Å². The Morgan fingerprint density at radius 2 is 1.46 bits per heavy atom. The third-order valence-corrected chi connectivity index (χ3v) is 5.38. The second kappa shape index (κ2) is 6.01. The van der Waals surface area contributed by atoms with Gasteiger partial charge in [-0.3, -0.25) is 14.4 Å². The molecule has 0 bridgehead atoms. The van der Waals surface area contributed by atoms with E-state index >= 15 is 0 Å². The number of carbonyl (C=O) groups is 2. The van der Waals surface area contributed by atoms with Gasteiger partial charge in [0.1, 0.15) is 0 Å². The molecule has 0 saturated heterocycles. The largest absolute Gasteiger partial charge is 0.321 e. The number of hydrogen-bond acceptors (Lipinski definition) is 3. The zero-order chi connectivity index (χ0) is 19.4.